The van der Waals surface area contributed by atoms with Crippen molar-refractivity contribution >= 4 is 6.85 Å². The number of benzene rings is 1. The molecule has 0 unspecified atom stereocenters. The molecule has 1 aromatic carbocycles. The third-order valence-corrected chi connectivity index (χ3v) is 4.70. The first-order valence-corrected chi connectivity index (χ1v) is 7.21. The molecule has 2 heterocycles. The highest BCUT2D eigenvalue weighted by Crippen LogP contribution is 2.45. The second-order valence-corrected chi connectivity index (χ2v) is 5.77. The minimum absolute atomic E-state index is 0.803. The zero-order valence-electron chi connectivity index (χ0n) is 10.6. The summed E-state index contributed by atoms with van der Waals surface area (Å²) in [5.74, 6) is 1.93. The molecule has 0 saturated carbocycles. The predicted octanol–water partition coefficient (Wildman–Crippen LogP) is 3.88. The second-order valence-electron chi connectivity index (χ2n) is 5.77. The lowest BCUT2D eigenvalue weighted by atomic mass is 9.34. The van der Waals surface area contributed by atoms with Crippen LogP contribution in [0.2, 0.25) is 11.6 Å². The molecule has 2 fully saturated rings. The quantitative estimate of drug-likeness (QED) is 0.772. The zero-order valence-corrected chi connectivity index (χ0v) is 10.6. The van der Waals surface area contributed by atoms with Crippen molar-refractivity contribution < 1.29 is 0 Å². The van der Waals surface area contributed by atoms with E-state index in [1.165, 1.54) is 44.1 Å². The Morgan fingerprint density at radius 3 is 2.12 bits per heavy atom. The molecule has 2 bridgehead atoms. The molecule has 2 aliphatic rings. The normalized spacial score (nSPS) is 28.1. The summed E-state index contributed by atoms with van der Waals surface area (Å²) < 4.78 is 0. The van der Waals surface area contributed by atoms with Crippen LogP contribution in [0.1, 0.15) is 44.1 Å². The second kappa shape index (κ2) is 5.26. The molecule has 1 aromatic rings. The van der Waals surface area contributed by atoms with Gasteiger partial charge in [0.15, 0.2) is 0 Å². The molecule has 17 heavy (non-hydrogen) atoms. The van der Waals surface area contributed by atoms with Gasteiger partial charge in [-0.25, -0.2) is 0 Å². The van der Waals surface area contributed by atoms with Crippen LogP contribution in [0.25, 0.3) is 0 Å². The first-order chi connectivity index (χ1) is 8.43. The molecule has 1 N–H and O–H groups in total. The maximum atomic E-state index is 3.84. The SMILES string of the molecule is c1ccc(CNB2C3CCCC2CCC3)cc1. The van der Waals surface area contributed by atoms with E-state index in [1.54, 1.807) is 0 Å². The van der Waals surface area contributed by atoms with Crippen molar-refractivity contribution in [1.82, 2.24) is 5.23 Å². The van der Waals surface area contributed by atoms with E-state index in [4.69, 9.17) is 0 Å². The van der Waals surface area contributed by atoms with Gasteiger partial charge in [0.25, 0.3) is 0 Å². The van der Waals surface area contributed by atoms with Gasteiger partial charge in [0.1, 0.15) is 0 Å². The van der Waals surface area contributed by atoms with Crippen molar-refractivity contribution in [3.05, 3.63) is 35.9 Å². The van der Waals surface area contributed by atoms with Gasteiger partial charge in [0, 0.05) is 6.54 Å². The lowest BCUT2D eigenvalue weighted by Crippen LogP contribution is -2.46. The fourth-order valence-corrected chi connectivity index (χ4v) is 3.84. The molecule has 0 atom stereocenters. The van der Waals surface area contributed by atoms with Crippen LogP contribution in [-0.2, 0) is 6.54 Å². The molecular formula is C15H22BN. The predicted molar refractivity (Wildman–Crippen MR) is 74.2 cm³/mol. The minimum atomic E-state index is 0.803. The van der Waals surface area contributed by atoms with Gasteiger partial charge in [-0.3, -0.25) is 0 Å². The van der Waals surface area contributed by atoms with Gasteiger partial charge in [0.05, 0.1) is 0 Å². The van der Waals surface area contributed by atoms with E-state index in [0.29, 0.717) is 0 Å². The van der Waals surface area contributed by atoms with Crippen molar-refractivity contribution in [2.24, 2.45) is 0 Å². The molecule has 2 heteroatoms. The highest BCUT2D eigenvalue weighted by Gasteiger charge is 2.38. The van der Waals surface area contributed by atoms with Crippen molar-refractivity contribution in [2.75, 3.05) is 0 Å². The fraction of sp³-hybridized carbons (Fsp3) is 0.600. The highest BCUT2D eigenvalue weighted by atomic mass is 14.8. The number of nitrogens with one attached hydrogen (secondary N) is 1. The molecule has 0 radical (unpaired) electrons. The summed E-state index contributed by atoms with van der Waals surface area (Å²) in [7, 11) is 0. The zero-order chi connectivity index (χ0) is 11.5. The summed E-state index contributed by atoms with van der Waals surface area (Å²) in [6.07, 6.45) is 8.79. The van der Waals surface area contributed by atoms with Crippen molar-refractivity contribution in [3.63, 3.8) is 0 Å². The Hall–Kier alpha value is -0.755. The summed E-state index contributed by atoms with van der Waals surface area (Å²) in [6, 6.07) is 10.8. The largest absolute Gasteiger partial charge is 0.352 e. The molecule has 0 aromatic heterocycles. The Kier molecular flexibility index (Phi) is 3.51. The molecule has 0 spiro atoms. The molecule has 2 saturated heterocycles. The van der Waals surface area contributed by atoms with Crippen LogP contribution in [0.4, 0.5) is 0 Å². The van der Waals surface area contributed by atoms with Crippen LogP contribution >= 0.6 is 0 Å². The first kappa shape index (κ1) is 11.3. The van der Waals surface area contributed by atoms with Crippen molar-refractivity contribution in [3.8, 4) is 0 Å². The van der Waals surface area contributed by atoms with E-state index >= 15 is 0 Å². The van der Waals surface area contributed by atoms with Gasteiger partial charge < -0.3 is 5.23 Å². The molecule has 90 valence electrons. The summed E-state index contributed by atoms with van der Waals surface area (Å²) >= 11 is 0. The topological polar surface area (TPSA) is 12.0 Å². The third kappa shape index (κ3) is 2.57. The number of hydrogen-bond acceptors (Lipinski definition) is 1. The highest BCUT2D eigenvalue weighted by molar-refractivity contribution is 6.59. The Morgan fingerprint density at radius 1 is 0.941 bits per heavy atom. The molecule has 1 nitrogen and oxygen atoms in total. The van der Waals surface area contributed by atoms with Crippen molar-refractivity contribution in [1.29, 1.82) is 0 Å². The fourth-order valence-electron chi connectivity index (χ4n) is 3.84. The van der Waals surface area contributed by atoms with E-state index < -0.39 is 0 Å². The summed E-state index contributed by atoms with van der Waals surface area (Å²) in [4.78, 5) is 0. The first-order valence-electron chi connectivity index (χ1n) is 7.21. The van der Waals surface area contributed by atoms with Crippen LogP contribution in [0.15, 0.2) is 30.3 Å². The molecular weight excluding hydrogens is 205 g/mol. The standard InChI is InChI=1S/C15H22BN/c1-2-6-13(7-3-1)12-17-16-14-8-4-9-15(16)11-5-10-14/h1-3,6-7,14-15,17H,4-5,8-12H2. The third-order valence-electron chi connectivity index (χ3n) is 4.70. The number of hydrogen-bond donors (Lipinski definition) is 1. The average molecular weight is 227 g/mol. The molecule has 0 aliphatic carbocycles. The van der Waals surface area contributed by atoms with E-state index in [0.717, 1.165) is 25.0 Å². The Labute approximate surface area is 105 Å². The van der Waals surface area contributed by atoms with E-state index in [2.05, 4.69) is 35.6 Å². The number of rotatable bonds is 3. The maximum absolute atomic E-state index is 3.84. The van der Waals surface area contributed by atoms with Crippen LogP contribution in [-0.4, -0.2) is 6.85 Å². The van der Waals surface area contributed by atoms with E-state index in [-0.39, 0.29) is 0 Å². The average Bonchev–Trinajstić information content (AvgIpc) is 2.37. The molecule has 0 amide bonds. The number of fused-ring (bicyclic) bond motifs is 2. The monoisotopic (exact) mass is 227 g/mol. The van der Waals surface area contributed by atoms with Crippen LogP contribution in [0.5, 0.6) is 0 Å². The van der Waals surface area contributed by atoms with E-state index in [9.17, 15) is 0 Å². The smallest absolute Gasteiger partial charge is 0.227 e. The molecule has 3 rings (SSSR count). The van der Waals surface area contributed by atoms with Crippen molar-refractivity contribution in [2.45, 2.75) is 56.7 Å². The van der Waals surface area contributed by atoms with Crippen LogP contribution in [0, 0.1) is 0 Å². The summed E-state index contributed by atoms with van der Waals surface area (Å²) in [5, 5.41) is 3.84. The van der Waals surface area contributed by atoms with Gasteiger partial charge >= 0.3 is 0 Å². The van der Waals surface area contributed by atoms with Gasteiger partial charge in [-0.2, -0.15) is 0 Å². The van der Waals surface area contributed by atoms with E-state index in [1.807, 2.05) is 0 Å². The van der Waals surface area contributed by atoms with Gasteiger partial charge in [-0.1, -0.05) is 68.9 Å². The Balaban J connectivity index is 1.61. The molecule has 2 aliphatic heterocycles. The lowest BCUT2D eigenvalue weighted by molar-refractivity contribution is 0.434. The summed E-state index contributed by atoms with van der Waals surface area (Å²) in [6.45, 7) is 1.86. The maximum Gasteiger partial charge on any atom is 0.227 e. The van der Waals surface area contributed by atoms with Gasteiger partial charge in [0.2, 0.25) is 6.85 Å². The minimum Gasteiger partial charge on any atom is -0.352 e. The summed E-state index contributed by atoms with van der Waals surface area (Å²) in [5.41, 5.74) is 1.43. The Morgan fingerprint density at radius 2 is 1.53 bits per heavy atom. The van der Waals surface area contributed by atoms with Gasteiger partial charge in [-0.15, -0.1) is 0 Å². The van der Waals surface area contributed by atoms with Crippen LogP contribution < -0.4 is 5.23 Å². The Bertz CT molecular complexity index is 329. The van der Waals surface area contributed by atoms with Crippen LogP contribution in [0.3, 0.4) is 0 Å². The lowest BCUT2D eigenvalue weighted by Gasteiger charge is -2.40. The van der Waals surface area contributed by atoms with Gasteiger partial charge in [-0.05, 0) is 17.2 Å².